The summed E-state index contributed by atoms with van der Waals surface area (Å²) in [4.78, 5) is 0. The first-order valence-electron chi connectivity index (χ1n) is 6.23. The molecule has 0 bridgehead atoms. The second kappa shape index (κ2) is 5.98. The summed E-state index contributed by atoms with van der Waals surface area (Å²) in [6.45, 7) is 4.98. The minimum absolute atomic E-state index is 0.699. The number of methoxy groups -OCH3 is 1. The van der Waals surface area contributed by atoms with Crippen LogP contribution < -0.4 is 10.1 Å². The topological polar surface area (TPSA) is 21.3 Å². The van der Waals surface area contributed by atoms with E-state index in [0.29, 0.717) is 5.02 Å². The van der Waals surface area contributed by atoms with Crippen molar-refractivity contribution in [3.63, 3.8) is 0 Å². The molecule has 0 saturated heterocycles. The summed E-state index contributed by atoms with van der Waals surface area (Å²) in [7, 11) is 1.65. The van der Waals surface area contributed by atoms with Gasteiger partial charge in [0.05, 0.1) is 17.8 Å². The van der Waals surface area contributed by atoms with Gasteiger partial charge in [-0.15, -0.1) is 0 Å². The van der Waals surface area contributed by atoms with E-state index in [1.165, 1.54) is 16.7 Å². The molecule has 0 aliphatic rings. The van der Waals surface area contributed by atoms with Crippen LogP contribution in [0.1, 0.15) is 16.7 Å². The maximum Gasteiger partial charge on any atom is 0.121 e. The summed E-state index contributed by atoms with van der Waals surface area (Å²) >= 11 is 6.16. The van der Waals surface area contributed by atoms with Gasteiger partial charge in [0.2, 0.25) is 0 Å². The minimum Gasteiger partial charge on any atom is -0.497 e. The van der Waals surface area contributed by atoms with E-state index < -0.39 is 0 Å². The Kier molecular flexibility index (Phi) is 4.33. The van der Waals surface area contributed by atoms with Gasteiger partial charge < -0.3 is 10.1 Å². The highest BCUT2D eigenvalue weighted by Crippen LogP contribution is 2.27. The van der Waals surface area contributed by atoms with Gasteiger partial charge in [0.25, 0.3) is 0 Å². The third kappa shape index (κ3) is 3.42. The third-order valence-corrected chi connectivity index (χ3v) is 3.56. The van der Waals surface area contributed by atoms with Gasteiger partial charge in [-0.1, -0.05) is 29.8 Å². The van der Waals surface area contributed by atoms with Crippen molar-refractivity contribution in [3.05, 3.63) is 58.1 Å². The van der Waals surface area contributed by atoms with E-state index in [-0.39, 0.29) is 0 Å². The lowest BCUT2D eigenvalue weighted by atomic mass is 10.1. The molecule has 0 fully saturated rings. The smallest absolute Gasteiger partial charge is 0.121 e. The van der Waals surface area contributed by atoms with Crippen molar-refractivity contribution in [2.24, 2.45) is 0 Å². The summed E-state index contributed by atoms with van der Waals surface area (Å²) in [5.41, 5.74) is 4.74. The Morgan fingerprint density at radius 1 is 1.05 bits per heavy atom. The summed E-state index contributed by atoms with van der Waals surface area (Å²) in [5, 5.41) is 4.04. The molecular formula is C16H18ClNO. The van der Waals surface area contributed by atoms with Crippen molar-refractivity contribution >= 4 is 17.3 Å². The molecule has 0 atom stereocenters. The van der Waals surface area contributed by atoms with Gasteiger partial charge in [-0.3, -0.25) is 0 Å². The molecular weight excluding hydrogens is 258 g/mol. The first-order chi connectivity index (χ1) is 9.10. The van der Waals surface area contributed by atoms with Crippen LogP contribution in [0.15, 0.2) is 36.4 Å². The number of anilines is 1. The second-order valence-electron chi connectivity index (χ2n) is 4.62. The number of rotatable bonds is 4. The molecule has 1 N–H and O–H groups in total. The van der Waals surface area contributed by atoms with Crippen LogP contribution in [-0.4, -0.2) is 7.11 Å². The molecule has 0 aliphatic carbocycles. The number of benzene rings is 2. The molecule has 0 radical (unpaired) electrons. The molecule has 0 unspecified atom stereocenters. The maximum absolute atomic E-state index is 6.16. The highest BCUT2D eigenvalue weighted by atomic mass is 35.5. The van der Waals surface area contributed by atoms with Crippen LogP contribution in [0.3, 0.4) is 0 Å². The van der Waals surface area contributed by atoms with Crippen LogP contribution in [0, 0.1) is 13.8 Å². The molecule has 0 saturated carbocycles. The number of ether oxygens (including phenoxy) is 1. The average Bonchev–Trinajstić information content (AvgIpc) is 2.41. The Morgan fingerprint density at radius 3 is 2.53 bits per heavy atom. The van der Waals surface area contributed by atoms with Crippen molar-refractivity contribution in [1.82, 2.24) is 0 Å². The highest BCUT2D eigenvalue weighted by molar-refractivity contribution is 6.33. The first-order valence-corrected chi connectivity index (χ1v) is 6.61. The van der Waals surface area contributed by atoms with E-state index in [2.05, 4.69) is 37.4 Å². The fourth-order valence-electron chi connectivity index (χ4n) is 1.88. The summed E-state index contributed by atoms with van der Waals surface area (Å²) < 4.78 is 5.20. The van der Waals surface area contributed by atoms with Gasteiger partial charge in [0, 0.05) is 12.6 Å². The predicted molar refractivity (Wildman–Crippen MR) is 81.2 cm³/mol. The highest BCUT2D eigenvalue weighted by Gasteiger charge is 2.03. The third-order valence-electron chi connectivity index (χ3n) is 3.23. The predicted octanol–water partition coefficient (Wildman–Crippen LogP) is 4.58. The zero-order valence-electron chi connectivity index (χ0n) is 11.5. The number of halogens is 1. The minimum atomic E-state index is 0.699. The fraction of sp³-hybridized carbons (Fsp3) is 0.250. The van der Waals surface area contributed by atoms with E-state index in [9.17, 15) is 0 Å². The lowest BCUT2D eigenvalue weighted by Gasteiger charge is -2.11. The standard InChI is InChI=1S/C16H18ClNO/c1-11-4-5-13(8-12(11)2)10-18-16-9-14(19-3)6-7-15(16)17/h4-9,18H,10H2,1-3H3. The van der Waals surface area contributed by atoms with Gasteiger partial charge in [-0.2, -0.15) is 0 Å². The Balaban J connectivity index is 2.11. The van der Waals surface area contributed by atoms with Gasteiger partial charge in [-0.25, -0.2) is 0 Å². The zero-order chi connectivity index (χ0) is 13.8. The molecule has 3 heteroatoms. The van der Waals surface area contributed by atoms with Crippen molar-refractivity contribution in [2.75, 3.05) is 12.4 Å². The zero-order valence-corrected chi connectivity index (χ0v) is 12.2. The van der Waals surface area contributed by atoms with Gasteiger partial charge >= 0.3 is 0 Å². The molecule has 2 nitrogen and oxygen atoms in total. The van der Waals surface area contributed by atoms with Crippen LogP contribution >= 0.6 is 11.6 Å². The summed E-state index contributed by atoms with van der Waals surface area (Å²) in [5.74, 6) is 0.798. The molecule has 0 heterocycles. The van der Waals surface area contributed by atoms with Crippen LogP contribution in [0.25, 0.3) is 0 Å². The maximum atomic E-state index is 6.16. The lowest BCUT2D eigenvalue weighted by molar-refractivity contribution is 0.415. The average molecular weight is 276 g/mol. The Hall–Kier alpha value is -1.67. The van der Waals surface area contributed by atoms with Crippen molar-refractivity contribution in [3.8, 4) is 5.75 Å². The van der Waals surface area contributed by atoms with Crippen molar-refractivity contribution in [1.29, 1.82) is 0 Å². The Labute approximate surface area is 119 Å². The second-order valence-corrected chi connectivity index (χ2v) is 5.03. The number of hydrogen-bond donors (Lipinski definition) is 1. The normalized spacial score (nSPS) is 10.3. The largest absolute Gasteiger partial charge is 0.497 e. The molecule has 0 aliphatic heterocycles. The summed E-state index contributed by atoms with van der Waals surface area (Å²) in [6.07, 6.45) is 0. The van der Waals surface area contributed by atoms with E-state index in [4.69, 9.17) is 16.3 Å². The monoisotopic (exact) mass is 275 g/mol. The molecule has 0 spiro atoms. The molecule has 100 valence electrons. The van der Waals surface area contributed by atoms with Crippen LogP contribution in [0.5, 0.6) is 5.75 Å². The van der Waals surface area contributed by atoms with Crippen LogP contribution in [-0.2, 0) is 6.54 Å². The molecule has 2 aromatic rings. The fourth-order valence-corrected chi connectivity index (χ4v) is 2.06. The SMILES string of the molecule is COc1ccc(Cl)c(NCc2ccc(C)c(C)c2)c1. The number of nitrogens with one attached hydrogen (secondary N) is 1. The number of aryl methyl sites for hydroxylation is 2. The van der Waals surface area contributed by atoms with Crippen LogP contribution in [0.2, 0.25) is 5.02 Å². The van der Waals surface area contributed by atoms with E-state index in [1.54, 1.807) is 7.11 Å². The van der Waals surface area contributed by atoms with E-state index in [0.717, 1.165) is 18.0 Å². The quantitative estimate of drug-likeness (QED) is 0.882. The van der Waals surface area contributed by atoms with E-state index in [1.807, 2.05) is 18.2 Å². The Bertz CT molecular complexity index is 581. The Morgan fingerprint density at radius 2 is 1.84 bits per heavy atom. The van der Waals surface area contributed by atoms with Gasteiger partial charge in [0.15, 0.2) is 0 Å². The van der Waals surface area contributed by atoms with Crippen molar-refractivity contribution < 1.29 is 4.74 Å². The molecule has 0 aromatic heterocycles. The van der Waals surface area contributed by atoms with E-state index >= 15 is 0 Å². The molecule has 2 aromatic carbocycles. The summed E-state index contributed by atoms with van der Waals surface area (Å²) in [6, 6.07) is 12.1. The molecule has 0 amide bonds. The first kappa shape index (κ1) is 13.8. The van der Waals surface area contributed by atoms with Crippen LogP contribution in [0.4, 0.5) is 5.69 Å². The molecule has 2 rings (SSSR count). The van der Waals surface area contributed by atoms with Gasteiger partial charge in [-0.05, 0) is 42.7 Å². The van der Waals surface area contributed by atoms with Crippen molar-refractivity contribution in [2.45, 2.75) is 20.4 Å². The molecule has 19 heavy (non-hydrogen) atoms. The number of hydrogen-bond acceptors (Lipinski definition) is 2. The van der Waals surface area contributed by atoms with Gasteiger partial charge in [0.1, 0.15) is 5.75 Å². The lowest BCUT2D eigenvalue weighted by Crippen LogP contribution is -2.01.